The van der Waals surface area contributed by atoms with Crippen LogP contribution in [-0.4, -0.2) is 61.7 Å². The van der Waals surface area contributed by atoms with Gasteiger partial charge in [-0.15, -0.1) is 6.58 Å². The van der Waals surface area contributed by atoms with Crippen LogP contribution < -0.4 is 4.90 Å². The molecule has 1 aliphatic rings. The molecule has 0 bridgehead atoms. The van der Waals surface area contributed by atoms with Gasteiger partial charge < -0.3 is 10.0 Å². The lowest BCUT2D eigenvalue weighted by Gasteiger charge is -2.39. The van der Waals surface area contributed by atoms with E-state index in [9.17, 15) is 22.7 Å². The lowest BCUT2D eigenvalue weighted by molar-refractivity contribution is -0.141. The predicted molar refractivity (Wildman–Crippen MR) is 109 cm³/mol. The van der Waals surface area contributed by atoms with E-state index in [-0.39, 0.29) is 11.7 Å². The third-order valence-corrected chi connectivity index (χ3v) is 7.07. The van der Waals surface area contributed by atoms with Gasteiger partial charge in [0.15, 0.2) is 9.84 Å². The third kappa shape index (κ3) is 5.78. The highest BCUT2D eigenvalue weighted by Gasteiger charge is 2.35. The molecule has 0 aliphatic carbocycles. The van der Waals surface area contributed by atoms with Crippen molar-refractivity contribution in [1.82, 2.24) is 4.90 Å². The Labute approximate surface area is 166 Å². The Kier molecular flexibility index (Phi) is 7.60. The molecule has 2 unspecified atom stereocenters. The molecule has 1 saturated heterocycles. The minimum absolute atomic E-state index is 0.0951. The first-order chi connectivity index (χ1) is 13.1. The molecule has 1 aliphatic heterocycles. The van der Waals surface area contributed by atoms with Gasteiger partial charge in [-0.2, -0.15) is 0 Å². The first-order valence-electron chi connectivity index (χ1n) is 9.45. The number of aliphatic carboxylic acids is 1. The average Bonchev–Trinajstić information content (AvgIpc) is 2.62. The number of piperazine rings is 1. The second-order valence-electron chi connectivity index (χ2n) is 7.62. The van der Waals surface area contributed by atoms with Crippen LogP contribution in [0.25, 0.3) is 0 Å². The monoisotopic (exact) mass is 412 g/mol. The molecule has 28 heavy (non-hydrogen) atoms. The van der Waals surface area contributed by atoms with Gasteiger partial charge in [0, 0.05) is 31.9 Å². The quantitative estimate of drug-likeness (QED) is 0.628. The minimum atomic E-state index is -3.69. The van der Waals surface area contributed by atoms with E-state index in [1.165, 1.54) is 18.2 Å². The molecule has 2 atom stereocenters. The van der Waals surface area contributed by atoms with Crippen molar-refractivity contribution in [2.45, 2.75) is 25.6 Å². The molecule has 1 aromatic carbocycles. The van der Waals surface area contributed by atoms with Gasteiger partial charge in [0.2, 0.25) is 0 Å². The van der Waals surface area contributed by atoms with Crippen molar-refractivity contribution in [2.24, 2.45) is 11.8 Å². The molecule has 6 nitrogen and oxygen atoms in total. The van der Waals surface area contributed by atoms with Gasteiger partial charge in [0.25, 0.3) is 0 Å². The first-order valence-corrected chi connectivity index (χ1v) is 11.2. The van der Waals surface area contributed by atoms with Gasteiger partial charge in [-0.3, -0.25) is 9.69 Å². The van der Waals surface area contributed by atoms with Gasteiger partial charge in [-0.05, 0) is 36.6 Å². The number of nitrogens with zero attached hydrogens (tertiary/aromatic N) is 2. The lowest BCUT2D eigenvalue weighted by atomic mass is 9.99. The van der Waals surface area contributed by atoms with Crippen LogP contribution in [-0.2, 0) is 14.6 Å². The zero-order valence-corrected chi connectivity index (χ0v) is 17.2. The molecule has 2 rings (SSSR count). The number of carboxylic acids is 1. The average molecular weight is 413 g/mol. The summed E-state index contributed by atoms with van der Waals surface area (Å²) in [6.45, 7) is 9.62. The number of anilines is 1. The number of sulfone groups is 1. The highest BCUT2D eigenvalue weighted by atomic mass is 32.2. The maximum absolute atomic E-state index is 13.1. The summed E-state index contributed by atoms with van der Waals surface area (Å²) in [5.41, 5.74) is 0.891. The van der Waals surface area contributed by atoms with Gasteiger partial charge in [-0.1, -0.05) is 19.9 Å². The number of carbonyl (C=O) groups is 1. The topological polar surface area (TPSA) is 77.9 Å². The summed E-state index contributed by atoms with van der Waals surface area (Å²) in [4.78, 5) is 15.4. The Bertz CT molecular complexity index is 772. The van der Waals surface area contributed by atoms with Crippen LogP contribution >= 0.6 is 0 Å². The van der Waals surface area contributed by atoms with E-state index < -0.39 is 32.9 Å². The molecule has 0 amide bonds. The van der Waals surface area contributed by atoms with E-state index in [4.69, 9.17) is 0 Å². The normalized spacial score (nSPS) is 18.1. The van der Waals surface area contributed by atoms with Crippen LogP contribution in [0.5, 0.6) is 0 Å². The molecule has 8 heteroatoms. The molecule has 0 radical (unpaired) electrons. The van der Waals surface area contributed by atoms with Crippen LogP contribution in [0.3, 0.4) is 0 Å². The molecular weight excluding hydrogens is 383 g/mol. The zero-order valence-electron chi connectivity index (χ0n) is 16.4. The van der Waals surface area contributed by atoms with E-state index in [1.54, 1.807) is 12.1 Å². The maximum atomic E-state index is 13.1. The van der Waals surface area contributed by atoms with E-state index in [0.29, 0.717) is 32.6 Å². The Balaban J connectivity index is 2.05. The van der Waals surface area contributed by atoms with Crippen molar-refractivity contribution in [3.8, 4) is 0 Å². The van der Waals surface area contributed by atoms with Crippen LogP contribution in [0.2, 0.25) is 0 Å². The molecule has 1 fully saturated rings. The van der Waals surface area contributed by atoms with Crippen molar-refractivity contribution in [3.05, 3.63) is 42.7 Å². The molecule has 0 spiro atoms. The Hall–Kier alpha value is -1.93. The standard InChI is InChI=1S/C20H29FN2O4S/c1-4-19(28(26,27)14-16(20(24)25)13-15(2)3)23-11-9-22(10-12-23)18-7-5-17(21)6-8-18/h4-8,15-16,19H,1,9-14H2,2-3H3,(H,24,25). The van der Waals surface area contributed by atoms with E-state index in [2.05, 4.69) is 11.5 Å². The summed E-state index contributed by atoms with van der Waals surface area (Å²) < 4.78 is 38.9. The Morgan fingerprint density at radius 3 is 2.25 bits per heavy atom. The molecular formula is C20H29FN2O4S. The summed E-state index contributed by atoms with van der Waals surface area (Å²) in [5, 5.41) is 8.49. The van der Waals surface area contributed by atoms with Gasteiger partial charge in [0.1, 0.15) is 11.2 Å². The lowest BCUT2D eigenvalue weighted by Crippen LogP contribution is -2.53. The van der Waals surface area contributed by atoms with E-state index >= 15 is 0 Å². The molecule has 156 valence electrons. The fourth-order valence-electron chi connectivity index (χ4n) is 3.60. The van der Waals surface area contributed by atoms with Crippen molar-refractivity contribution in [1.29, 1.82) is 0 Å². The van der Waals surface area contributed by atoms with Crippen LogP contribution in [0.1, 0.15) is 20.3 Å². The fourth-order valence-corrected chi connectivity index (χ4v) is 5.59. The summed E-state index contributed by atoms with van der Waals surface area (Å²) in [6.07, 6.45) is 1.70. The smallest absolute Gasteiger partial charge is 0.307 e. The zero-order chi connectivity index (χ0) is 20.9. The Morgan fingerprint density at radius 1 is 1.21 bits per heavy atom. The largest absolute Gasteiger partial charge is 0.481 e. The summed E-state index contributed by atoms with van der Waals surface area (Å²) in [7, 11) is -3.69. The predicted octanol–water partition coefficient (Wildman–Crippen LogP) is 2.62. The fraction of sp³-hybridized carbons (Fsp3) is 0.550. The number of carboxylic acid groups (broad SMARTS) is 1. The number of hydrogen-bond donors (Lipinski definition) is 1. The minimum Gasteiger partial charge on any atom is -0.481 e. The summed E-state index contributed by atoms with van der Waals surface area (Å²) in [6, 6.07) is 6.21. The summed E-state index contributed by atoms with van der Waals surface area (Å²) in [5.74, 6) is -2.60. The van der Waals surface area contributed by atoms with Gasteiger partial charge in [0.05, 0.1) is 11.7 Å². The van der Waals surface area contributed by atoms with Gasteiger partial charge >= 0.3 is 5.97 Å². The second kappa shape index (κ2) is 9.52. The third-order valence-electron chi connectivity index (χ3n) is 4.97. The molecule has 0 aromatic heterocycles. The number of benzene rings is 1. The van der Waals surface area contributed by atoms with Crippen molar-refractivity contribution < 1.29 is 22.7 Å². The van der Waals surface area contributed by atoms with Crippen LogP contribution in [0.15, 0.2) is 36.9 Å². The van der Waals surface area contributed by atoms with Crippen LogP contribution in [0, 0.1) is 17.7 Å². The van der Waals surface area contributed by atoms with Gasteiger partial charge in [-0.25, -0.2) is 12.8 Å². The Morgan fingerprint density at radius 2 is 1.79 bits per heavy atom. The molecule has 0 saturated carbocycles. The summed E-state index contributed by atoms with van der Waals surface area (Å²) >= 11 is 0. The first kappa shape index (κ1) is 22.4. The van der Waals surface area contributed by atoms with Crippen molar-refractivity contribution in [3.63, 3.8) is 0 Å². The molecule has 1 heterocycles. The van der Waals surface area contributed by atoms with E-state index in [1.807, 2.05) is 18.7 Å². The second-order valence-corrected chi connectivity index (χ2v) is 9.76. The SMILES string of the molecule is C=CC(N1CCN(c2ccc(F)cc2)CC1)S(=O)(=O)CC(CC(C)C)C(=O)O. The maximum Gasteiger partial charge on any atom is 0.307 e. The number of rotatable bonds is 9. The number of halogens is 1. The molecule has 1 aromatic rings. The number of hydrogen-bond acceptors (Lipinski definition) is 5. The van der Waals surface area contributed by atoms with Crippen LogP contribution in [0.4, 0.5) is 10.1 Å². The van der Waals surface area contributed by atoms with E-state index in [0.717, 1.165) is 5.69 Å². The highest BCUT2D eigenvalue weighted by Crippen LogP contribution is 2.22. The van der Waals surface area contributed by atoms with Crippen molar-refractivity contribution in [2.75, 3.05) is 36.8 Å². The molecule has 1 N–H and O–H groups in total. The highest BCUT2D eigenvalue weighted by molar-refractivity contribution is 7.92. The van der Waals surface area contributed by atoms with Crippen molar-refractivity contribution >= 4 is 21.5 Å².